The van der Waals surface area contributed by atoms with Crippen LogP contribution in [0.25, 0.3) is 0 Å². The van der Waals surface area contributed by atoms with Gasteiger partial charge in [-0.15, -0.1) is 0 Å². The third-order valence-corrected chi connectivity index (χ3v) is 4.18. The van der Waals surface area contributed by atoms with E-state index in [1.165, 1.54) is 0 Å². The molecule has 1 aliphatic carbocycles. The van der Waals surface area contributed by atoms with E-state index in [1.807, 2.05) is 53.4 Å². The number of benzene rings is 2. The average molecular weight is 310 g/mol. The van der Waals surface area contributed by atoms with Crippen molar-refractivity contribution in [3.8, 4) is 5.75 Å². The van der Waals surface area contributed by atoms with E-state index >= 15 is 0 Å². The fraction of sp³-hybridized carbons (Fsp3) is 0.316. The molecule has 23 heavy (non-hydrogen) atoms. The van der Waals surface area contributed by atoms with Crippen LogP contribution in [0.15, 0.2) is 48.5 Å². The molecule has 0 bridgehead atoms. The summed E-state index contributed by atoms with van der Waals surface area (Å²) >= 11 is 0. The molecule has 4 heteroatoms. The smallest absolute Gasteiger partial charge is 0.227 e. The Balaban J connectivity index is 1.73. The fourth-order valence-electron chi connectivity index (χ4n) is 2.74. The van der Waals surface area contributed by atoms with E-state index in [4.69, 9.17) is 10.5 Å². The summed E-state index contributed by atoms with van der Waals surface area (Å²) in [6.45, 7) is 0.600. The summed E-state index contributed by atoms with van der Waals surface area (Å²) in [4.78, 5) is 14.7. The third kappa shape index (κ3) is 3.83. The molecule has 120 valence electrons. The molecule has 2 aromatic carbocycles. The first-order valence-electron chi connectivity index (χ1n) is 7.93. The molecule has 0 radical (unpaired) electrons. The number of nitrogens with two attached hydrogens (primary N) is 1. The number of methoxy groups -OCH3 is 1. The zero-order chi connectivity index (χ0) is 16.2. The van der Waals surface area contributed by atoms with Crippen molar-refractivity contribution in [3.05, 3.63) is 59.7 Å². The van der Waals surface area contributed by atoms with Crippen molar-refractivity contribution < 1.29 is 9.53 Å². The van der Waals surface area contributed by atoms with Gasteiger partial charge in [0.15, 0.2) is 0 Å². The van der Waals surface area contributed by atoms with Crippen LogP contribution in [0.3, 0.4) is 0 Å². The highest BCUT2D eigenvalue weighted by atomic mass is 16.5. The van der Waals surface area contributed by atoms with Gasteiger partial charge in [0.2, 0.25) is 5.91 Å². The Kier molecular flexibility index (Phi) is 4.51. The minimum Gasteiger partial charge on any atom is -0.496 e. The molecule has 0 spiro atoms. The minimum absolute atomic E-state index is 0.156. The van der Waals surface area contributed by atoms with Crippen LogP contribution in [-0.4, -0.2) is 24.0 Å². The summed E-state index contributed by atoms with van der Waals surface area (Å²) in [5.41, 5.74) is 8.46. The highest BCUT2D eigenvalue weighted by Gasteiger charge is 2.32. The highest BCUT2D eigenvalue weighted by Crippen LogP contribution is 2.31. The number of para-hydroxylation sites is 1. The van der Waals surface area contributed by atoms with Crippen molar-refractivity contribution in [2.24, 2.45) is 0 Å². The average Bonchev–Trinajstić information content (AvgIpc) is 3.39. The number of rotatable bonds is 6. The van der Waals surface area contributed by atoms with Crippen LogP contribution in [0.2, 0.25) is 0 Å². The molecule has 2 N–H and O–H groups in total. The van der Waals surface area contributed by atoms with E-state index in [-0.39, 0.29) is 5.91 Å². The lowest BCUT2D eigenvalue weighted by molar-refractivity contribution is -0.131. The second-order valence-corrected chi connectivity index (χ2v) is 5.98. The molecule has 1 amide bonds. The molecular formula is C19H22N2O2. The van der Waals surface area contributed by atoms with Crippen LogP contribution >= 0.6 is 0 Å². The van der Waals surface area contributed by atoms with Crippen LogP contribution in [0.5, 0.6) is 5.75 Å². The summed E-state index contributed by atoms with van der Waals surface area (Å²) in [5.74, 6) is 0.988. The zero-order valence-corrected chi connectivity index (χ0v) is 13.4. The maximum absolute atomic E-state index is 12.7. The first-order chi connectivity index (χ1) is 11.2. The Hall–Kier alpha value is -2.49. The number of nitrogen functional groups attached to an aromatic ring is 1. The van der Waals surface area contributed by atoms with Crippen LogP contribution in [0.1, 0.15) is 24.0 Å². The van der Waals surface area contributed by atoms with Gasteiger partial charge in [-0.05, 0) is 36.6 Å². The molecule has 1 aliphatic rings. The van der Waals surface area contributed by atoms with Crippen molar-refractivity contribution in [1.29, 1.82) is 0 Å². The summed E-state index contributed by atoms with van der Waals surface area (Å²) in [6.07, 6.45) is 2.58. The standard InChI is InChI=1S/C19H22N2O2/c1-23-18-5-3-2-4-15(18)13-21(17-10-11-17)19(22)12-14-6-8-16(20)9-7-14/h2-9,17H,10-13,20H2,1H3. The molecule has 0 saturated heterocycles. The van der Waals surface area contributed by atoms with Gasteiger partial charge in [0.1, 0.15) is 5.75 Å². The van der Waals surface area contributed by atoms with Gasteiger partial charge < -0.3 is 15.4 Å². The molecule has 0 atom stereocenters. The lowest BCUT2D eigenvalue weighted by atomic mass is 10.1. The highest BCUT2D eigenvalue weighted by molar-refractivity contribution is 5.79. The van der Waals surface area contributed by atoms with Crippen LogP contribution in [0.4, 0.5) is 5.69 Å². The molecule has 0 heterocycles. The SMILES string of the molecule is COc1ccccc1CN(C(=O)Cc1ccc(N)cc1)C1CC1. The second-order valence-electron chi connectivity index (χ2n) is 5.98. The zero-order valence-electron chi connectivity index (χ0n) is 13.4. The molecule has 4 nitrogen and oxygen atoms in total. The summed E-state index contributed by atoms with van der Waals surface area (Å²) in [6, 6.07) is 15.8. The topological polar surface area (TPSA) is 55.6 Å². The lowest BCUT2D eigenvalue weighted by Crippen LogP contribution is -2.33. The van der Waals surface area contributed by atoms with E-state index in [9.17, 15) is 4.79 Å². The van der Waals surface area contributed by atoms with E-state index in [1.54, 1.807) is 7.11 Å². The van der Waals surface area contributed by atoms with Crippen LogP contribution in [-0.2, 0) is 17.8 Å². The van der Waals surface area contributed by atoms with E-state index < -0.39 is 0 Å². The Morgan fingerprint density at radius 3 is 2.52 bits per heavy atom. The first kappa shape index (κ1) is 15.4. The molecular weight excluding hydrogens is 288 g/mol. The number of carbonyl (C=O) groups excluding carboxylic acids is 1. The van der Waals surface area contributed by atoms with Gasteiger partial charge >= 0.3 is 0 Å². The lowest BCUT2D eigenvalue weighted by Gasteiger charge is -2.23. The number of hydrogen-bond acceptors (Lipinski definition) is 3. The number of nitrogens with zero attached hydrogens (tertiary/aromatic N) is 1. The predicted octanol–water partition coefficient (Wildman–Crippen LogP) is 3.01. The number of anilines is 1. The van der Waals surface area contributed by atoms with Gasteiger partial charge in [-0.2, -0.15) is 0 Å². The fourth-order valence-corrected chi connectivity index (χ4v) is 2.74. The molecule has 2 aromatic rings. The predicted molar refractivity (Wildman–Crippen MR) is 91.1 cm³/mol. The molecule has 1 saturated carbocycles. The summed E-state index contributed by atoms with van der Waals surface area (Å²) in [7, 11) is 1.66. The number of ether oxygens (including phenoxy) is 1. The Morgan fingerprint density at radius 1 is 1.17 bits per heavy atom. The van der Waals surface area contributed by atoms with Gasteiger partial charge in [-0.3, -0.25) is 4.79 Å². The van der Waals surface area contributed by atoms with Gasteiger partial charge in [0.25, 0.3) is 0 Å². The number of hydrogen-bond donors (Lipinski definition) is 1. The molecule has 0 unspecified atom stereocenters. The van der Waals surface area contributed by atoms with Gasteiger partial charge in [0.05, 0.1) is 13.5 Å². The number of carbonyl (C=O) groups is 1. The monoisotopic (exact) mass is 310 g/mol. The largest absolute Gasteiger partial charge is 0.496 e. The third-order valence-electron chi connectivity index (χ3n) is 4.18. The molecule has 0 aliphatic heterocycles. The van der Waals surface area contributed by atoms with Crippen molar-refractivity contribution in [3.63, 3.8) is 0 Å². The van der Waals surface area contributed by atoms with Crippen molar-refractivity contribution >= 4 is 11.6 Å². The van der Waals surface area contributed by atoms with Crippen molar-refractivity contribution in [2.45, 2.75) is 31.8 Å². The van der Waals surface area contributed by atoms with E-state index in [0.29, 0.717) is 24.7 Å². The van der Waals surface area contributed by atoms with Crippen LogP contribution < -0.4 is 10.5 Å². The quantitative estimate of drug-likeness (QED) is 0.835. The molecule has 3 rings (SSSR count). The van der Waals surface area contributed by atoms with Gasteiger partial charge in [0, 0.05) is 23.8 Å². The van der Waals surface area contributed by atoms with Gasteiger partial charge in [-0.1, -0.05) is 30.3 Å². The summed E-state index contributed by atoms with van der Waals surface area (Å²) in [5, 5.41) is 0. The van der Waals surface area contributed by atoms with Gasteiger partial charge in [-0.25, -0.2) is 0 Å². The molecule has 1 fully saturated rings. The second kappa shape index (κ2) is 6.73. The molecule has 0 aromatic heterocycles. The maximum Gasteiger partial charge on any atom is 0.227 e. The Labute approximate surface area is 136 Å². The first-order valence-corrected chi connectivity index (χ1v) is 7.93. The van der Waals surface area contributed by atoms with Crippen LogP contribution in [0, 0.1) is 0 Å². The Morgan fingerprint density at radius 2 is 1.87 bits per heavy atom. The van der Waals surface area contributed by atoms with Crippen molar-refractivity contribution in [1.82, 2.24) is 4.90 Å². The van der Waals surface area contributed by atoms with E-state index in [2.05, 4.69) is 0 Å². The number of amides is 1. The summed E-state index contributed by atoms with van der Waals surface area (Å²) < 4.78 is 5.41. The van der Waals surface area contributed by atoms with Crippen molar-refractivity contribution in [2.75, 3.05) is 12.8 Å². The van der Waals surface area contributed by atoms with E-state index in [0.717, 1.165) is 29.7 Å². The maximum atomic E-state index is 12.7. The Bertz CT molecular complexity index is 678. The minimum atomic E-state index is 0.156. The normalized spacial score (nSPS) is 13.6.